The van der Waals surface area contributed by atoms with Gasteiger partial charge in [-0.15, -0.1) is 0 Å². The second-order valence-electron chi connectivity index (χ2n) is 6.91. The van der Waals surface area contributed by atoms with E-state index in [0.29, 0.717) is 0 Å². The Labute approximate surface area is 144 Å². The summed E-state index contributed by atoms with van der Waals surface area (Å²) < 4.78 is 50.2. The molecule has 0 bridgehead atoms. The molecule has 7 heteroatoms. The molecule has 1 aliphatic carbocycles. The molecule has 1 heterocycles. The molecule has 0 amide bonds. The average molecular weight is 372 g/mol. The van der Waals surface area contributed by atoms with E-state index in [0.717, 1.165) is 37.7 Å². The highest BCUT2D eigenvalue weighted by molar-refractivity contribution is 7.96. The number of rotatable bonds is 5. The minimum Gasteiger partial charge on any atom is -0.309 e. The van der Waals surface area contributed by atoms with Crippen LogP contribution in [0.25, 0.3) is 0 Å². The number of sulfone groups is 2. The first-order valence-corrected chi connectivity index (χ1v) is 12.0. The second kappa shape index (κ2) is 6.77. The summed E-state index contributed by atoms with van der Waals surface area (Å²) in [5.74, 6) is -0.365. The first kappa shape index (κ1) is 17.9. The third kappa shape index (κ3) is 3.68. The molecule has 1 aromatic rings. The number of aryl methyl sites for hydroxylation is 1. The van der Waals surface area contributed by atoms with E-state index in [1.807, 2.05) is 6.92 Å². The Kier molecular flexibility index (Phi) is 5.04. The Morgan fingerprint density at radius 2 is 1.71 bits per heavy atom. The normalized spacial score (nSPS) is 27.5. The second-order valence-corrected chi connectivity index (χ2v) is 11.2. The first-order valence-electron chi connectivity index (χ1n) is 8.61. The van der Waals surface area contributed by atoms with Gasteiger partial charge in [-0.3, -0.25) is 0 Å². The minimum absolute atomic E-state index is 0.0829. The first-order chi connectivity index (χ1) is 11.3. The van der Waals surface area contributed by atoms with Crippen molar-refractivity contribution in [2.75, 3.05) is 11.5 Å². The Bertz CT molecular complexity index is 778. The van der Waals surface area contributed by atoms with Gasteiger partial charge in [-0.25, -0.2) is 16.8 Å². The van der Waals surface area contributed by atoms with Crippen LogP contribution < -0.4 is 5.32 Å². The molecule has 134 valence electrons. The van der Waals surface area contributed by atoms with Crippen LogP contribution in [0.15, 0.2) is 29.2 Å². The van der Waals surface area contributed by atoms with Crippen LogP contribution in [-0.2, 0) is 26.1 Å². The maximum atomic E-state index is 13.0. The standard InChI is InChI=1S/C17H25NO4S2/c1-2-13-7-9-15(10-8-13)24(21,22)17-12-23(19,20)11-16(17)18-14-5-3-4-6-14/h7-10,14,16-18H,2-6,11-12H2,1H3/t16-,17-/m1/s1. The van der Waals surface area contributed by atoms with Gasteiger partial charge in [-0.05, 0) is 37.0 Å². The molecule has 1 saturated heterocycles. The van der Waals surface area contributed by atoms with E-state index in [1.165, 1.54) is 0 Å². The van der Waals surface area contributed by atoms with Crippen LogP contribution in [0.1, 0.15) is 38.2 Å². The lowest BCUT2D eigenvalue weighted by Gasteiger charge is -2.23. The van der Waals surface area contributed by atoms with Crippen LogP contribution in [0.3, 0.4) is 0 Å². The predicted octanol–water partition coefficient (Wildman–Crippen LogP) is 1.72. The van der Waals surface area contributed by atoms with Gasteiger partial charge in [0.25, 0.3) is 0 Å². The molecule has 3 rings (SSSR count). The molecule has 0 unspecified atom stereocenters. The minimum atomic E-state index is -3.67. The van der Waals surface area contributed by atoms with Gasteiger partial charge in [0.2, 0.25) is 0 Å². The summed E-state index contributed by atoms with van der Waals surface area (Å²) >= 11 is 0. The summed E-state index contributed by atoms with van der Waals surface area (Å²) in [7, 11) is -7.00. The van der Waals surface area contributed by atoms with E-state index >= 15 is 0 Å². The molecular weight excluding hydrogens is 346 g/mol. The molecule has 2 atom stereocenters. The molecular formula is C17H25NO4S2. The highest BCUT2D eigenvalue weighted by Crippen LogP contribution is 2.28. The van der Waals surface area contributed by atoms with Crippen molar-refractivity contribution in [2.45, 2.75) is 61.3 Å². The molecule has 1 aromatic carbocycles. The zero-order valence-corrected chi connectivity index (χ0v) is 15.6. The zero-order valence-electron chi connectivity index (χ0n) is 13.9. The Balaban J connectivity index is 1.87. The highest BCUT2D eigenvalue weighted by Gasteiger charge is 2.46. The van der Waals surface area contributed by atoms with E-state index < -0.39 is 31.0 Å². The predicted molar refractivity (Wildman–Crippen MR) is 94.6 cm³/mol. The summed E-state index contributed by atoms with van der Waals surface area (Å²) in [5.41, 5.74) is 1.06. The van der Waals surface area contributed by atoms with Crippen LogP contribution in [0.2, 0.25) is 0 Å². The lowest BCUT2D eigenvalue weighted by Crippen LogP contribution is -2.47. The van der Waals surface area contributed by atoms with E-state index in [-0.39, 0.29) is 22.4 Å². The number of hydrogen-bond acceptors (Lipinski definition) is 5. The topological polar surface area (TPSA) is 80.3 Å². The van der Waals surface area contributed by atoms with Gasteiger partial charge in [0.1, 0.15) is 0 Å². The van der Waals surface area contributed by atoms with Crippen LogP contribution in [0.5, 0.6) is 0 Å². The lowest BCUT2D eigenvalue weighted by atomic mass is 10.2. The van der Waals surface area contributed by atoms with Crippen LogP contribution in [0.4, 0.5) is 0 Å². The Morgan fingerprint density at radius 1 is 1.08 bits per heavy atom. The summed E-state index contributed by atoms with van der Waals surface area (Å²) in [6.07, 6.45) is 5.06. The molecule has 1 N–H and O–H groups in total. The average Bonchev–Trinajstić information content (AvgIpc) is 3.15. The summed E-state index contributed by atoms with van der Waals surface area (Å²) in [6.45, 7) is 2.01. The van der Waals surface area contributed by atoms with Crippen LogP contribution in [-0.4, -0.2) is 45.7 Å². The van der Waals surface area contributed by atoms with Crippen LogP contribution in [0, 0.1) is 0 Å². The zero-order chi connectivity index (χ0) is 17.4. The molecule has 1 saturated carbocycles. The van der Waals surface area contributed by atoms with Crippen molar-refractivity contribution >= 4 is 19.7 Å². The van der Waals surface area contributed by atoms with Crippen molar-refractivity contribution in [3.8, 4) is 0 Å². The summed E-state index contributed by atoms with van der Waals surface area (Å²) in [4.78, 5) is 0.222. The van der Waals surface area contributed by atoms with Crippen LogP contribution >= 0.6 is 0 Å². The fourth-order valence-corrected chi connectivity index (χ4v) is 8.44. The van der Waals surface area contributed by atoms with E-state index in [2.05, 4.69) is 5.32 Å². The maximum absolute atomic E-state index is 13.0. The number of hydrogen-bond donors (Lipinski definition) is 1. The summed E-state index contributed by atoms with van der Waals surface area (Å²) in [6, 6.07) is 6.54. The van der Waals surface area contributed by atoms with E-state index in [4.69, 9.17) is 0 Å². The van der Waals surface area contributed by atoms with Gasteiger partial charge in [0.15, 0.2) is 19.7 Å². The van der Waals surface area contributed by atoms with Gasteiger partial charge in [-0.2, -0.15) is 0 Å². The van der Waals surface area contributed by atoms with Crippen molar-refractivity contribution in [3.05, 3.63) is 29.8 Å². The third-order valence-corrected chi connectivity index (χ3v) is 9.33. The Morgan fingerprint density at radius 3 is 2.29 bits per heavy atom. The van der Waals surface area contributed by atoms with Crippen molar-refractivity contribution in [1.29, 1.82) is 0 Å². The highest BCUT2D eigenvalue weighted by atomic mass is 32.2. The molecule has 0 spiro atoms. The fraction of sp³-hybridized carbons (Fsp3) is 0.647. The van der Waals surface area contributed by atoms with Gasteiger partial charge < -0.3 is 5.32 Å². The quantitative estimate of drug-likeness (QED) is 0.852. The lowest BCUT2D eigenvalue weighted by molar-refractivity contribution is 0.449. The molecule has 0 radical (unpaired) electrons. The van der Waals surface area contributed by atoms with Crippen molar-refractivity contribution < 1.29 is 16.8 Å². The number of benzene rings is 1. The van der Waals surface area contributed by atoms with E-state index in [9.17, 15) is 16.8 Å². The number of nitrogens with one attached hydrogen (secondary N) is 1. The molecule has 1 aliphatic heterocycles. The summed E-state index contributed by atoms with van der Waals surface area (Å²) in [5, 5.41) is 2.43. The van der Waals surface area contributed by atoms with Gasteiger partial charge in [0.05, 0.1) is 21.7 Å². The monoisotopic (exact) mass is 371 g/mol. The van der Waals surface area contributed by atoms with Crippen molar-refractivity contribution in [3.63, 3.8) is 0 Å². The molecule has 2 fully saturated rings. The third-order valence-electron chi connectivity index (χ3n) is 5.16. The molecule has 0 aromatic heterocycles. The van der Waals surface area contributed by atoms with Gasteiger partial charge in [0, 0.05) is 12.1 Å². The van der Waals surface area contributed by atoms with E-state index in [1.54, 1.807) is 24.3 Å². The SMILES string of the molecule is CCc1ccc(S(=O)(=O)[C@@H]2CS(=O)(=O)C[C@H]2NC2CCCC2)cc1. The Hall–Kier alpha value is -0.920. The maximum Gasteiger partial charge on any atom is 0.183 e. The smallest absolute Gasteiger partial charge is 0.183 e. The van der Waals surface area contributed by atoms with Gasteiger partial charge >= 0.3 is 0 Å². The largest absolute Gasteiger partial charge is 0.309 e. The molecule has 5 nitrogen and oxygen atoms in total. The van der Waals surface area contributed by atoms with Crippen molar-refractivity contribution in [2.24, 2.45) is 0 Å². The van der Waals surface area contributed by atoms with Gasteiger partial charge in [-0.1, -0.05) is 31.9 Å². The van der Waals surface area contributed by atoms with Crippen molar-refractivity contribution in [1.82, 2.24) is 5.32 Å². The molecule has 24 heavy (non-hydrogen) atoms. The fourth-order valence-electron chi connectivity index (χ4n) is 3.76. The molecule has 2 aliphatic rings.